The predicted octanol–water partition coefficient (Wildman–Crippen LogP) is 1.35. The van der Waals surface area contributed by atoms with Crippen LogP contribution in [0.1, 0.15) is 0 Å². The van der Waals surface area contributed by atoms with E-state index in [0.717, 1.165) is 13.1 Å². The van der Waals surface area contributed by atoms with Crippen LogP contribution in [-0.2, 0) is 9.53 Å². The molecule has 7 nitrogen and oxygen atoms in total. The fourth-order valence-corrected chi connectivity index (χ4v) is 3.15. The third-order valence-electron chi connectivity index (χ3n) is 4.50. The van der Waals surface area contributed by atoms with Crippen LogP contribution in [0.25, 0.3) is 0 Å². The molecule has 136 valence electrons. The molecule has 2 saturated heterocycles. The molecule has 0 unspecified atom stereocenters. The van der Waals surface area contributed by atoms with Gasteiger partial charge in [-0.1, -0.05) is 23.7 Å². The number of urea groups is 1. The summed E-state index contributed by atoms with van der Waals surface area (Å²) in [6, 6.07) is 6.95. The minimum Gasteiger partial charge on any atom is -0.379 e. The molecule has 2 aliphatic rings. The van der Waals surface area contributed by atoms with Gasteiger partial charge in [0.2, 0.25) is 5.91 Å². The van der Waals surface area contributed by atoms with Crippen molar-refractivity contribution in [2.24, 2.45) is 0 Å². The van der Waals surface area contributed by atoms with Gasteiger partial charge >= 0.3 is 6.03 Å². The van der Waals surface area contributed by atoms with Gasteiger partial charge in [-0.15, -0.1) is 0 Å². The lowest BCUT2D eigenvalue weighted by Crippen LogP contribution is -2.54. The van der Waals surface area contributed by atoms with Crippen molar-refractivity contribution in [3.63, 3.8) is 0 Å². The summed E-state index contributed by atoms with van der Waals surface area (Å²) in [7, 11) is 0. The van der Waals surface area contributed by atoms with Crippen molar-refractivity contribution in [3.05, 3.63) is 29.3 Å². The number of carbonyl (C=O) groups excluding carboxylic acids is 2. The number of amides is 3. The molecule has 1 aromatic carbocycles. The maximum atomic E-state index is 12.4. The van der Waals surface area contributed by atoms with Gasteiger partial charge in [-0.3, -0.25) is 9.69 Å². The Morgan fingerprint density at radius 1 is 1.00 bits per heavy atom. The number of hydrogen-bond acceptors (Lipinski definition) is 4. The molecule has 3 rings (SSSR count). The Morgan fingerprint density at radius 2 is 1.64 bits per heavy atom. The highest BCUT2D eigenvalue weighted by Crippen LogP contribution is 2.21. The Bertz CT molecular complexity index is 614. The van der Waals surface area contributed by atoms with E-state index in [4.69, 9.17) is 16.3 Å². The highest BCUT2D eigenvalue weighted by atomic mass is 35.5. The average molecular weight is 367 g/mol. The first-order valence-corrected chi connectivity index (χ1v) is 8.89. The third kappa shape index (κ3) is 4.84. The maximum Gasteiger partial charge on any atom is 0.322 e. The van der Waals surface area contributed by atoms with Gasteiger partial charge in [0, 0.05) is 39.3 Å². The number of carbonyl (C=O) groups is 2. The number of piperazine rings is 1. The zero-order valence-electron chi connectivity index (χ0n) is 14.1. The molecule has 1 N–H and O–H groups in total. The zero-order chi connectivity index (χ0) is 17.6. The summed E-state index contributed by atoms with van der Waals surface area (Å²) in [6.07, 6.45) is 0. The van der Waals surface area contributed by atoms with Crippen LogP contribution in [0.5, 0.6) is 0 Å². The molecule has 0 aromatic heterocycles. The summed E-state index contributed by atoms with van der Waals surface area (Å²) in [5.74, 6) is 0.119. The first-order valence-electron chi connectivity index (χ1n) is 8.52. The summed E-state index contributed by atoms with van der Waals surface area (Å²) in [6.45, 7) is 5.54. The second kappa shape index (κ2) is 8.51. The minimum atomic E-state index is -0.187. The van der Waals surface area contributed by atoms with Crippen molar-refractivity contribution in [2.45, 2.75) is 0 Å². The van der Waals surface area contributed by atoms with Crippen LogP contribution < -0.4 is 5.32 Å². The van der Waals surface area contributed by atoms with Crippen LogP contribution in [0.15, 0.2) is 24.3 Å². The van der Waals surface area contributed by atoms with Crippen molar-refractivity contribution in [2.75, 3.05) is 64.3 Å². The monoisotopic (exact) mass is 366 g/mol. The van der Waals surface area contributed by atoms with Gasteiger partial charge in [0.1, 0.15) is 0 Å². The van der Waals surface area contributed by atoms with Gasteiger partial charge in [-0.05, 0) is 12.1 Å². The van der Waals surface area contributed by atoms with Crippen molar-refractivity contribution >= 4 is 29.2 Å². The van der Waals surface area contributed by atoms with E-state index < -0.39 is 0 Å². The van der Waals surface area contributed by atoms with Gasteiger partial charge in [0.15, 0.2) is 0 Å². The fraction of sp³-hybridized carbons (Fsp3) is 0.529. The largest absolute Gasteiger partial charge is 0.379 e. The number of rotatable bonds is 3. The van der Waals surface area contributed by atoms with Crippen LogP contribution in [0.4, 0.5) is 10.5 Å². The second-order valence-electron chi connectivity index (χ2n) is 6.17. The Hall–Kier alpha value is -1.83. The number of nitrogens with one attached hydrogen (secondary N) is 1. The van der Waals surface area contributed by atoms with Crippen LogP contribution >= 0.6 is 11.6 Å². The first-order chi connectivity index (χ1) is 12.1. The van der Waals surface area contributed by atoms with E-state index in [1.54, 1.807) is 17.0 Å². The molecule has 0 radical (unpaired) electrons. The number of anilines is 1. The van der Waals surface area contributed by atoms with Gasteiger partial charge in [-0.2, -0.15) is 0 Å². The van der Waals surface area contributed by atoms with E-state index in [0.29, 0.717) is 56.6 Å². The molecular weight excluding hydrogens is 344 g/mol. The Kier molecular flexibility index (Phi) is 6.12. The van der Waals surface area contributed by atoms with Crippen molar-refractivity contribution in [1.82, 2.24) is 14.7 Å². The van der Waals surface area contributed by atoms with Gasteiger partial charge in [0.25, 0.3) is 0 Å². The molecule has 2 fully saturated rings. The van der Waals surface area contributed by atoms with E-state index in [1.807, 2.05) is 17.0 Å². The Labute approximate surface area is 152 Å². The number of ether oxygens (including phenoxy) is 1. The molecule has 25 heavy (non-hydrogen) atoms. The van der Waals surface area contributed by atoms with Crippen LogP contribution in [0.2, 0.25) is 5.02 Å². The van der Waals surface area contributed by atoms with Gasteiger partial charge in [-0.25, -0.2) is 4.79 Å². The molecule has 8 heteroatoms. The van der Waals surface area contributed by atoms with E-state index in [1.165, 1.54) is 0 Å². The average Bonchev–Trinajstić information content (AvgIpc) is 2.64. The van der Waals surface area contributed by atoms with Crippen LogP contribution in [0, 0.1) is 0 Å². The number of hydrogen-bond donors (Lipinski definition) is 1. The summed E-state index contributed by atoms with van der Waals surface area (Å²) in [4.78, 5) is 30.4. The minimum absolute atomic E-state index is 0.119. The van der Waals surface area contributed by atoms with Crippen LogP contribution in [0.3, 0.4) is 0 Å². The van der Waals surface area contributed by atoms with E-state index in [-0.39, 0.29) is 11.9 Å². The molecule has 3 amide bonds. The lowest BCUT2D eigenvalue weighted by molar-refractivity contribution is -0.134. The normalized spacial score (nSPS) is 18.9. The highest BCUT2D eigenvalue weighted by molar-refractivity contribution is 6.33. The quantitative estimate of drug-likeness (QED) is 0.877. The predicted molar refractivity (Wildman–Crippen MR) is 95.9 cm³/mol. The van der Waals surface area contributed by atoms with E-state index in [9.17, 15) is 9.59 Å². The Balaban J connectivity index is 1.45. The lowest BCUT2D eigenvalue weighted by atomic mass is 10.3. The van der Waals surface area contributed by atoms with Gasteiger partial charge in [0.05, 0.1) is 30.5 Å². The third-order valence-corrected chi connectivity index (χ3v) is 4.83. The van der Waals surface area contributed by atoms with E-state index >= 15 is 0 Å². The van der Waals surface area contributed by atoms with E-state index in [2.05, 4.69) is 10.2 Å². The SMILES string of the molecule is O=C(CN1CCOCC1)N1CCN(C(=O)Nc2ccccc2Cl)CC1. The molecule has 1 aromatic rings. The molecule has 0 atom stereocenters. The summed E-state index contributed by atoms with van der Waals surface area (Å²) in [5.41, 5.74) is 0.597. The zero-order valence-corrected chi connectivity index (χ0v) is 14.9. The van der Waals surface area contributed by atoms with Crippen molar-refractivity contribution < 1.29 is 14.3 Å². The van der Waals surface area contributed by atoms with Crippen LogP contribution in [-0.4, -0.2) is 85.7 Å². The highest BCUT2D eigenvalue weighted by Gasteiger charge is 2.25. The molecule has 0 saturated carbocycles. The maximum absolute atomic E-state index is 12.4. The van der Waals surface area contributed by atoms with Crippen molar-refractivity contribution in [1.29, 1.82) is 0 Å². The standard InChI is InChI=1S/C17H23ClN4O3/c18-14-3-1-2-4-15(14)19-17(24)22-7-5-21(6-8-22)16(23)13-20-9-11-25-12-10-20/h1-4H,5-13H2,(H,19,24). The summed E-state index contributed by atoms with van der Waals surface area (Å²) in [5, 5.41) is 3.33. The molecule has 0 spiro atoms. The Morgan fingerprint density at radius 3 is 2.32 bits per heavy atom. The molecule has 2 aliphatic heterocycles. The topological polar surface area (TPSA) is 65.1 Å². The summed E-state index contributed by atoms with van der Waals surface area (Å²) < 4.78 is 5.30. The second-order valence-corrected chi connectivity index (χ2v) is 6.57. The van der Waals surface area contributed by atoms with Gasteiger partial charge < -0.3 is 19.9 Å². The lowest BCUT2D eigenvalue weighted by Gasteiger charge is -2.36. The first kappa shape index (κ1) is 18.0. The molecule has 0 aliphatic carbocycles. The molecular formula is C17H23ClN4O3. The smallest absolute Gasteiger partial charge is 0.322 e. The number of para-hydroxylation sites is 1. The summed E-state index contributed by atoms with van der Waals surface area (Å²) >= 11 is 6.06. The number of halogens is 1. The van der Waals surface area contributed by atoms with Crippen molar-refractivity contribution in [3.8, 4) is 0 Å². The molecule has 0 bridgehead atoms. The number of nitrogens with zero attached hydrogens (tertiary/aromatic N) is 3. The number of benzene rings is 1. The number of morpholine rings is 1. The fourth-order valence-electron chi connectivity index (χ4n) is 2.97. The molecule has 2 heterocycles.